The van der Waals surface area contributed by atoms with Gasteiger partial charge in [-0.05, 0) is 11.8 Å². The number of allylic oxidation sites excluding steroid dienone is 4. The molecular weight excluding hydrogens is 256 g/mol. The van der Waals surface area contributed by atoms with Crippen molar-refractivity contribution in [2.45, 2.75) is 9.65 Å². The molecule has 2 rings (SSSR count). The van der Waals surface area contributed by atoms with Gasteiger partial charge in [0.05, 0.1) is 0 Å². The van der Waals surface area contributed by atoms with Crippen LogP contribution in [0.25, 0.3) is 0 Å². The van der Waals surface area contributed by atoms with Crippen LogP contribution in [0.15, 0.2) is 24.3 Å². The van der Waals surface area contributed by atoms with Crippen LogP contribution < -0.4 is 0 Å². The van der Waals surface area contributed by atoms with Crippen LogP contribution in [0.3, 0.4) is 0 Å². The predicted octanol–water partition coefficient (Wildman–Crippen LogP) is 2.89. The molecule has 0 nitrogen and oxygen atoms in total. The maximum absolute atomic E-state index is 3.64. The molecule has 0 bridgehead atoms. The Hall–Kier alpha value is 0.440. The standard InChI is InChI=1S/C8H8Br2/c9-7-5-3-1-2-4-6(5)8(7)10/h1-8H/t5?,6?,7-,8-/m0/s1. The molecule has 2 aliphatic carbocycles. The highest BCUT2D eigenvalue weighted by Crippen LogP contribution is 2.47. The van der Waals surface area contributed by atoms with Crippen molar-refractivity contribution in [2.24, 2.45) is 11.8 Å². The molecule has 54 valence electrons. The first-order chi connectivity index (χ1) is 4.80. The largest absolute Gasteiger partial charge is 0.0872 e. The highest BCUT2D eigenvalue weighted by Gasteiger charge is 2.45. The summed E-state index contributed by atoms with van der Waals surface area (Å²) < 4.78 is 0. The van der Waals surface area contributed by atoms with E-state index in [0.29, 0.717) is 9.65 Å². The molecule has 0 heterocycles. The summed E-state index contributed by atoms with van der Waals surface area (Å²) in [6.07, 6.45) is 8.83. The maximum atomic E-state index is 3.64. The molecule has 2 aliphatic rings. The molecule has 0 aromatic heterocycles. The Morgan fingerprint density at radius 1 is 0.800 bits per heavy atom. The zero-order chi connectivity index (χ0) is 7.14. The maximum Gasteiger partial charge on any atom is 0.0345 e. The lowest BCUT2D eigenvalue weighted by Crippen LogP contribution is -2.47. The van der Waals surface area contributed by atoms with Gasteiger partial charge in [0, 0.05) is 9.65 Å². The fraction of sp³-hybridized carbons (Fsp3) is 0.500. The summed E-state index contributed by atoms with van der Waals surface area (Å²) in [5, 5.41) is 0. The molecule has 4 atom stereocenters. The van der Waals surface area contributed by atoms with Crippen molar-refractivity contribution >= 4 is 31.9 Å². The molecule has 0 amide bonds. The zero-order valence-corrected chi connectivity index (χ0v) is 8.55. The Kier molecular flexibility index (Phi) is 1.77. The van der Waals surface area contributed by atoms with E-state index in [1.54, 1.807) is 0 Å². The Balaban J connectivity index is 2.17. The molecular formula is C8H8Br2. The molecule has 1 saturated carbocycles. The van der Waals surface area contributed by atoms with Crippen LogP contribution in [0, 0.1) is 11.8 Å². The summed E-state index contributed by atoms with van der Waals surface area (Å²) in [6.45, 7) is 0. The minimum absolute atomic E-state index is 0.638. The van der Waals surface area contributed by atoms with E-state index in [0.717, 1.165) is 11.8 Å². The summed E-state index contributed by atoms with van der Waals surface area (Å²) in [7, 11) is 0. The van der Waals surface area contributed by atoms with Crippen molar-refractivity contribution in [1.82, 2.24) is 0 Å². The highest BCUT2D eigenvalue weighted by atomic mass is 79.9. The SMILES string of the molecule is Br[C@H]1C2C=CC=CC2[C@@H]1Br. The summed E-state index contributed by atoms with van der Waals surface area (Å²) in [5.74, 6) is 1.46. The Labute approximate surface area is 77.6 Å². The van der Waals surface area contributed by atoms with E-state index in [1.165, 1.54) is 0 Å². The normalized spacial score (nSPS) is 50.2. The van der Waals surface area contributed by atoms with E-state index >= 15 is 0 Å². The van der Waals surface area contributed by atoms with Gasteiger partial charge >= 0.3 is 0 Å². The van der Waals surface area contributed by atoms with E-state index in [2.05, 4.69) is 56.2 Å². The van der Waals surface area contributed by atoms with Gasteiger partial charge in [-0.2, -0.15) is 0 Å². The first kappa shape index (κ1) is 7.11. The summed E-state index contributed by atoms with van der Waals surface area (Å²) in [4.78, 5) is 1.28. The summed E-state index contributed by atoms with van der Waals surface area (Å²) in [6, 6.07) is 0. The molecule has 1 fully saturated rings. The Morgan fingerprint density at radius 3 is 1.60 bits per heavy atom. The number of halogens is 2. The van der Waals surface area contributed by atoms with E-state index in [4.69, 9.17) is 0 Å². The van der Waals surface area contributed by atoms with Crippen molar-refractivity contribution in [3.63, 3.8) is 0 Å². The van der Waals surface area contributed by atoms with Gasteiger partial charge in [-0.1, -0.05) is 56.2 Å². The second-order valence-electron chi connectivity index (χ2n) is 2.81. The van der Waals surface area contributed by atoms with E-state index in [1.807, 2.05) is 0 Å². The van der Waals surface area contributed by atoms with E-state index in [-0.39, 0.29) is 0 Å². The molecule has 2 unspecified atom stereocenters. The molecule has 0 saturated heterocycles. The second-order valence-corrected chi connectivity index (χ2v) is 4.93. The van der Waals surface area contributed by atoms with Crippen molar-refractivity contribution in [3.05, 3.63) is 24.3 Å². The lowest BCUT2D eigenvalue weighted by Gasteiger charge is -2.45. The fourth-order valence-electron chi connectivity index (χ4n) is 1.56. The van der Waals surface area contributed by atoms with Gasteiger partial charge in [0.2, 0.25) is 0 Å². The van der Waals surface area contributed by atoms with Gasteiger partial charge in [0.25, 0.3) is 0 Å². The molecule has 2 heteroatoms. The minimum atomic E-state index is 0.638. The lowest BCUT2D eigenvalue weighted by atomic mass is 9.71. The Morgan fingerprint density at radius 2 is 1.20 bits per heavy atom. The van der Waals surface area contributed by atoms with Crippen molar-refractivity contribution < 1.29 is 0 Å². The molecule has 0 spiro atoms. The minimum Gasteiger partial charge on any atom is -0.0872 e. The van der Waals surface area contributed by atoms with Gasteiger partial charge in [-0.15, -0.1) is 0 Å². The van der Waals surface area contributed by atoms with Crippen LogP contribution in [0.1, 0.15) is 0 Å². The average Bonchev–Trinajstić information content (AvgIpc) is 2.03. The first-order valence-corrected chi connectivity index (χ1v) is 5.27. The van der Waals surface area contributed by atoms with Gasteiger partial charge in [-0.3, -0.25) is 0 Å². The number of fused-ring (bicyclic) bond motifs is 1. The fourth-order valence-corrected chi connectivity index (χ4v) is 3.32. The quantitative estimate of drug-likeness (QED) is 0.590. The van der Waals surface area contributed by atoms with Gasteiger partial charge in [0.15, 0.2) is 0 Å². The van der Waals surface area contributed by atoms with E-state index < -0.39 is 0 Å². The van der Waals surface area contributed by atoms with Gasteiger partial charge in [0.1, 0.15) is 0 Å². The summed E-state index contributed by atoms with van der Waals surface area (Å²) in [5.41, 5.74) is 0. The van der Waals surface area contributed by atoms with Crippen molar-refractivity contribution in [1.29, 1.82) is 0 Å². The topological polar surface area (TPSA) is 0 Å². The van der Waals surface area contributed by atoms with Crippen molar-refractivity contribution in [3.8, 4) is 0 Å². The third-order valence-electron chi connectivity index (χ3n) is 2.26. The summed E-state index contributed by atoms with van der Waals surface area (Å²) >= 11 is 7.27. The van der Waals surface area contributed by atoms with Crippen LogP contribution >= 0.6 is 31.9 Å². The van der Waals surface area contributed by atoms with E-state index in [9.17, 15) is 0 Å². The lowest BCUT2D eigenvalue weighted by molar-refractivity contribution is 0.323. The Bertz CT molecular complexity index is 173. The third kappa shape index (κ3) is 0.850. The van der Waals surface area contributed by atoms with Gasteiger partial charge < -0.3 is 0 Å². The predicted molar refractivity (Wildman–Crippen MR) is 50.7 cm³/mol. The smallest absolute Gasteiger partial charge is 0.0345 e. The molecule has 0 aliphatic heterocycles. The van der Waals surface area contributed by atoms with Crippen molar-refractivity contribution in [2.75, 3.05) is 0 Å². The molecule has 0 radical (unpaired) electrons. The van der Waals surface area contributed by atoms with Crippen LogP contribution in [0.2, 0.25) is 0 Å². The first-order valence-electron chi connectivity index (χ1n) is 3.44. The van der Waals surface area contributed by atoms with Crippen LogP contribution in [0.5, 0.6) is 0 Å². The van der Waals surface area contributed by atoms with Crippen LogP contribution in [-0.4, -0.2) is 9.65 Å². The molecule has 0 aromatic carbocycles. The van der Waals surface area contributed by atoms with Crippen LogP contribution in [0.4, 0.5) is 0 Å². The monoisotopic (exact) mass is 262 g/mol. The average molecular weight is 264 g/mol. The number of hydrogen-bond acceptors (Lipinski definition) is 0. The molecule has 0 N–H and O–H groups in total. The highest BCUT2D eigenvalue weighted by molar-refractivity contribution is 9.12. The number of alkyl halides is 2. The number of hydrogen-bond donors (Lipinski definition) is 0. The third-order valence-corrected chi connectivity index (χ3v) is 5.33. The van der Waals surface area contributed by atoms with Gasteiger partial charge in [-0.25, -0.2) is 0 Å². The second kappa shape index (κ2) is 2.49. The zero-order valence-electron chi connectivity index (χ0n) is 5.37. The molecule has 0 aromatic rings. The molecule has 10 heavy (non-hydrogen) atoms. The van der Waals surface area contributed by atoms with Crippen LogP contribution in [-0.2, 0) is 0 Å². The number of rotatable bonds is 0.